The van der Waals surface area contributed by atoms with E-state index in [0.29, 0.717) is 11.4 Å². The van der Waals surface area contributed by atoms with Crippen LogP contribution >= 0.6 is 15.9 Å². The van der Waals surface area contributed by atoms with Gasteiger partial charge in [0.05, 0.1) is 4.90 Å². The van der Waals surface area contributed by atoms with E-state index in [2.05, 4.69) is 54.7 Å². The lowest BCUT2D eigenvalue weighted by Gasteiger charge is -2.36. The Hall–Kier alpha value is -1.41. The van der Waals surface area contributed by atoms with Crippen molar-refractivity contribution in [2.75, 3.05) is 44.2 Å². The summed E-state index contributed by atoms with van der Waals surface area (Å²) < 4.78 is 28.4. The number of hydrogen-bond donors (Lipinski definition) is 1. The van der Waals surface area contributed by atoms with Crippen molar-refractivity contribution in [2.45, 2.75) is 18.2 Å². The molecule has 146 valence electrons. The number of para-hydroxylation sites is 1. The molecule has 0 saturated carbocycles. The maximum Gasteiger partial charge on any atom is 0.240 e. The highest BCUT2D eigenvalue weighted by Gasteiger charge is 2.18. The van der Waals surface area contributed by atoms with Gasteiger partial charge in [0.1, 0.15) is 0 Å². The average Bonchev–Trinajstić information content (AvgIpc) is 2.68. The summed E-state index contributed by atoms with van der Waals surface area (Å²) in [6.07, 6.45) is 0.806. The normalized spacial score (nSPS) is 15.9. The summed E-state index contributed by atoms with van der Waals surface area (Å²) in [5.41, 5.74) is 2.18. The molecule has 0 amide bonds. The van der Waals surface area contributed by atoms with E-state index in [1.165, 1.54) is 5.69 Å². The molecule has 0 radical (unpaired) electrons. The van der Waals surface area contributed by atoms with Crippen LogP contribution < -0.4 is 9.62 Å². The molecule has 2 aromatic carbocycles. The average molecular weight is 452 g/mol. The number of nitrogens with one attached hydrogen (secondary N) is 1. The lowest BCUT2D eigenvalue weighted by molar-refractivity contribution is 0.255. The van der Waals surface area contributed by atoms with Crippen LogP contribution in [-0.4, -0.2) is 52.6 Å². The topological polar surface area (TPSA) is 52.7 Å². The zero-order chi connectivity index (χ0) is 19.3. The van der Waals surface area contributed by atoms with Crippen LogP contribution in [0.25, 0.3) is 0 Å². The first-order valence-electron chi connectivity index (χ1n) is 9.24. The summed E-state index contributed by atoms with van der Waals surface area (Å²) >= 11 is 3.40. The Morgan fingerprint density at radius 3 is 2.41 bits per heavy atom. The predicted molar refractivity (Wildman–Crippen MR) is 114 cm³/mol. The van der Waals surface area contributed by atoms with Crippen molar-refractivity contribution in [1.29, 1.82) is 0 Å². The van der Waals surface area contributed by atoms with Crippen molar-refractivity contribution < 1.29 is 8.42 Å². The summed E-state index contributed by atoms with van der Waals surface area (Å²) in [6, 6.07) is 15.6. The summed E-state index contributed by atoms with van der Waals surface area (Å²) in [4.78, 5) is 5.12. The van der Waals surface area contributed by atoms with Gasteiger partial charge in [-0.3, -0.25) is 4.90 Å². The van der Waals surface area contributed by atoms with Gasteiger partial charge in [0.25, 0.3) is 0 Å². The SMILES string of the molecule is Cc1cc(S(=O)(=O)NCCCN2CCN(c3ccccc3)CC2)ccc1Br. The van der Waals surface area contributed by atoms with Crippen LogP contribution in [0.5, 0.6) is 0 Å². The zero-order valence-corrected chi connectivity index (χ0v) is 18.0. The maximum absolute atomic E-state index is 12.4. The molecule has 1 fully saturated rings. The molecule has 0 atom stereocenters. The van der Waals surface area contributed by atoms with Gasteiger partial charge in [0.2, 0.25) is 10.0 Å². The third-order valence-electron chi connectivity index (χ3n) is 4.88. The fourth-order valence-electron chi connectivity index (χ4n) is 3.25. The first-order chi connectivity index (χ1) is 13.0. The molecule has 3 rings (SSSR count). The summed E-state index contributed by atoms with van der Waals surface area (Å²) in [7, 11) is -3.44. The van der Waals surface area contributed by atoms with Crippen LogP contribution in [0.1, 0.15) is 12.0 Å². The van der Waals surface area contributed by atoms with Crippen LogP contribution in [0.2, 0.25) is 0 Å². The Balaban J connectivity index is 1.41. The highest BCUT2D eigenvalue weighted by Crippen LogP contribution is 2.20. The molecule has 1 aliphatic rings. The molecule has 1 saturated heterocycles. The monoisotopic (exact) mass is 451 g/mol. The second kappa shape index (κ2) is 9.19. The minimum absolute atomic E-state index is 0.319. The molecule has 1 heterocycles. The van der Waals surface area contributed by atoms with Crippen LogP contribution in [-0.2, 0) is 10.0 Å². The van der Waals surface area contributed by atoms with E-state index in [-0.39, 0.29) is 0 Å². The standard InChI is InChI=1S/C20H26BrN3O2S/c1-17-16-19(8-9-20(17)21)27(25,26)22-10-5-11-23-12-14-24(15-13-23)18-6-3-2-4-7-18/h2-4,6-9,16,22H,5,10-15H2,1H3. The third kappa shape index (κ3) is 5.54. The van der Waals surface area contributed by atoms with Gasteiger partial charge in [-0.2, -0.15) is 0 Å². The molecule has 2 aromatic rings. The smallest absolute Gasteiger partial charge is 0.240 e. The van der Waals surface area contributed by atoms with Gasteiger partial charge in [0, 0.05) is 42.9 Å². The van der Waals surface area contributed by atoms with Crippen molar-refractivity contribution in [1.82, 2.24) is 9.62 Å². The Labute approximate surface area is 170 Å². The highest BCUT2D eigenvalue weighted by atomic mass is 79.9. The molecule has 0 unspecified atom stereocenters. The van der Waals surface area contributed by atoms with Crippen LogP contribution in [0.3, 0.4) is 0 Å². The van der Waals surface area contributed by atoms with Gasteiger partial charge in [-0.15, -0.1) is 0 Å². The zero-order valence-electron chi connectivity index (χ0n) is 15.6. The molecule has 27 heavy (non-hydrogen) atoms. The van der Waals surface area contributed by atoms with E-state index >= 15 is 0 Å². The Morgan fingerprint density at radius 1 is 1.04 bits per heavy atom. The molecular weight excluding hydrogens is 426 g/mol. The summed E-state index contributed by atoms with van der Waals surface area (Å²) in [5.74, 6) is 0. The second-order valence-electron chi connectivity index (χ2n) is 6.83. The number of halogens is 1. The maximum atomic E-state index is 12.4. The molecule has 0 spiro atoms. The van der Waals surface area contributed by atoms with E-state index in [9.17, 15) is 8.42 Å². The number of benzene rings is 2. The Morgan fingerprint density at radius 2 is 1.74 bits per heavy atom. The number of anilines is 1. The molecule has 0 aromatic heterocycles. The van der Waals surface area contributed by atoms with Gasteiger partial charge < -0.3 is 4.90 Å². The van der Waals surface area contributed by atoms with E-state index < -0.39 is 10.0 Å². The Bertz CT molecular complexity index is 851. The lowest BCUT2D eigenvalue weighted by Crippen LogP contribution is -2.47. The largest absolute Gasteiger partial charge is 0.369 e. The first-order valence-corrected chi connectivity index (χ1v) is 11.5. The van der Waals surface area contributed by atoms with Crippen LogP contribution in [0.15, 0.2) is 57.9 Å². The number of aryl methyl sites for hydroxylation is 1. The molecule has 0 bridgehead atoms. The van der Waals surface area contributed by atoms with Crippen LogP contribution in [0, 0.1) is 6.92 Å². The molecule has 7 heteroatoms. The summed E-state index contributed by atoms with van der Waals surface area (Å²) in [5, 5.41) is 0. The minimum atomic E-state index is -3.44. The van der Waals surface area contributed by atoms with E-state index in [1.807, 2.05) is 13.0 Å². The number of rotatable bonds is 7. The van der Waals surface area contributed by atoms with Crippen molar-refractivity contribution in [3.8, 4) is 0 Å². The van der Waals surface area contributed by atoms with Gasteiger partial charge in [-0.05, 0) is 55.8 Å². The number of sulfonamides is 1. The molecular formula is C20H26BrN3O2S. The van der Waals surface area contributed by atoms with Gasteiger partial charge in [-0.1, -0.05) is 34.1 Å². The van der Waals surface area contributed by atoms with Gasteiger partial charge in [-0.25, -0.2) is 13.1 Å². The fourth-order valence-corrected chi connectivity index (χ4v) is 4.65. The predicted octanol–water partition coefficient (Wildman–Crippen LogP) is 3.25. The van der Waals surface area contributed by atoms with Crippen molar-refractivity contribution in [3.63, 3.8) is 0 Å². The van der Waals surface area contributed by atoms with E-state index in [4.69, 9.17) is 0 Å². The molecule has 1 N–H and O–H groups in total. The minimum Gasteiger partial charge on any atom is -0.369 e. The third-order valence-corrected chi connectivity index (χ3v) is 7.22. The second-order valence-corrected chi connectivity index (χ2v) is 9.45. The van der Waals surface area contributed by atoms with Crippen LogP contribution in [0.4, 0.5) is 5.69 Å². The number of nitrogens with zero attached hydrogens (tertiary/aromatic N) is 2. The van der Waals surface area contributed by atoms with Crippen molar-refractivity contribution >= 4 is 31.6 Å². The van der Waals surface area contributed by atoms with Gasteiger partial charge >= 0.3 is 0 Å². The number of piperazine rings is 1. The van der Waals surface area contributed by atoms with Crippen molar-refractivity contribution in [3.05, 3.63) is 58.6 Å². The molecule has 1 aliphatic heterocycles. The Kier molecular flexibility index (Phi) is 6.92. The van der Waals surface area contributed by atoms with Crippen molar-refractivity contribution in [2.24, 2.45) is 0 Å². The molecule has 0 aliphatic carbocycles. The number of hydrogen-bond acceptors (Lipinski definition) is 4. The van der Waals surface area contributed by atoms with E-state index in [1.54, 1.807) is 18.2 Å². The lowest BCUT2D eigenvalue weighted by atomic mass is 10.2. The fraction of sp³-hybridized carbons (Fsp3) is 0.400. The highest BCUT2D eigenvalue weighted by molar-refractivity contribution is 9.10. The summed E-state index contributed by atoms with van der Waals surface area (Å²) in [6.45, 7) is 7.28. The first kappa shape index (κ1) is 20.3. The molecule has 5 nitrogen and oxygen atoms in total. The quantitative estimate of drug-likeness (QED) is 0.656. The van der Waals surface area contributed by atoms with E-state index in [0.717, 1.165) is 49.2 Å². The van der Waals surface area contributed by atoms with Gasteiger partial charge in [0.15, 0.2) is 0 Å².